The van der Waals surface area contributed by atoms with Gasteiger partial charge in [0.1, 0.15) is 0 Å². The van der Waals surface area contributed by atoms with Crippen LogP contribution in [0.15, 0.2) is 54.6 Å². The second-order valence-electron chi connectivity index (χ2n) is 7.41. The summed E-state index contributed by atoms with van der Waals surface area (Å²) in [6, 6.07) is 15.8. The Morgan fingerprint density at radius 1 is 0.724 bits per heavy atom. The maximum atomic E-state index is 12.5. The molecular weight excluding hydrogens is 368 g/mol. The summed E-state index contributed by atoms with van der Waals surface area (Å²) in [7, 11) is 0. The molecule has 1 saturated heterocycles. The van der Waals surface area contributed by atoms with E-state index in [1.54, 1.807) is 29.2 Å². The van der Waals surface area contributed by atoms with Gasteiger partial charge in [0, 0.05) is 49.0 Å². The number of nitrogens with zero attached hydrogens (tertiary/aromatic N) is 2. The van der Waals surface area contributed by atoms with Crippen molar-refractivity contribution in [1.29, 1.82) is 0 Å². The lowest BCUT2D eigenvalue weighted by Gasteiger charge is -2.34. The Bertz CT molecular complexity index is 886. The van der Waals surface area contributed by atoms with E-state index in [4.69, 9.17) is 0 Å². The molecule has 0 unspecified atom stereocenters. The Labute approximate surface area is 169 Å². The number of urea groups is 1. The van der Waals surface area contributed by atoms with Gasteiger partial charge < -0.3 is 20.4 Å². The van der Waals surface area contributed by atoms with Crippen molar-refractivity contribution in [3.63, 3.8) is 0 Å². The van der Waals surface area contributed by atoms with Gasteiger partial charge in [-0.3, -0.25) is 9.59 Å². The van der Waals surface area contributed by atoms with Crippen LogP contribution in [0.1, 0.15) is 23.2 Å². The molecule has 29 heavy (non-hydrogen) atoms. The third-order valence-corrected chi connectivity index (χ3v) is 5.24. The van der Waals surface area contributed by atoms with E-state index in [9.17, 15) is 14.4 Å². The number of piperazine rings is 1. The molecule has 2 aromatic carbocycles. The van der Waals surface area contributed by atoms with Crippen molar-refractivity contribution in [1.82, 2.24) is 9.80 Å². The average molecular weight is 392 g/mol. The van der Waals surface area contributed by atoms with Crippen LogP contribution in [0.3, 0.4) is 0 Å². The fourth-order valence-corrected chi connectivity index (χ4v) is 3.35. The van der Waals surface area contributed by atoms with Crippen LogP contribution in [0.2, 0.25) is 0 Å². The van der Waals surface area contributed by atoms with Crippen molar-refractivity contribution in [2.45, 2.75) is 12.8 Å². The minimum Gasteiger partial charge on any atom is -0.339 e. The van der Waals surface area contributed by atoms with Gasteiger partial charge in [-0.1, -0.05) is 18.2 Å². The molecule has 0 aromatic heterocycles. The zero-order valence-corrected chi connectivity index (χ0v) is 16.1. The van der Waals surface area contributed by atoms with Gasteiger partial charge in [0.05, 0.1) is 0 Å². The first-order valence-electron chi connectivity index (χ1n) is 9.91. The van der Waals surface area contributed by atoms with Crippen LogP contribution < -0.4 is 10.6 Å². The van der Waals surface area contributed by atoms with Gasteiger partial charge in [-0.15, -0.1) is 0 Å². The Morgan fingerprint density at radius 2 is 1.31 bits per heavy atom. The highest BCUT2D eigenvalue weighted by Gasteiger charge is 2.35. The zero-order chi connectivity index (χ0) is 20.2. The van der Waals surface area contributed by atoms with Crippen LogP contribution in [0.4, 0.5) is 16.2 Å². The molecule has 1 aliphatic carbocycles. The van der Waals surface area contributed by atoms with Crippen LogP contribution in [0.5, 0.6) is 0 Å². The fraction of sp³-hybridized carbons (Fsp3) is 0.318. The van der Waals surface area contributed by atoms with E-state index in [0.717, 1.165) is 18.5 Å². The molecule has 150 valence electrons. The molecule has 2 N–H and O–H groups in total. The van der Waals surface area contributed by atoms with Crippen LogP contribution in [0, 0.1) is 5.92 Å². The number of nitrogens with one attached hydrogen (secondary N) is 2. The quantitative estimate of drug-likeness (QED) is 0.839. The number of hydrogen-bond donors (Lipinski definition) is 2. The van der Waals surface area contributed by atoms with E-state index in [1.165, 1.54) is 0 Å². The predicted molar refractivity (Wildman–Crippen MR) is 111 cm³/mol. The third-order valence-electron chi connectivity index (χ3n) is 5.24. The molecule has 0 radical (unpaired) electrons. The molecule has 7 nitrogen and oxygen atoms in total. The summed E-state index contributed by atoms with van der Waals surface area (Å²) >= 11 is 0. The monoisotopic (exact) mass is 392 g/mol. The lowest BCUT2D eigenvalue weighted by atomic mass is 10.2. The van der Waals surface area contributed by atoms with E-state index >= 15 is 0 Å². The molecule has 0 bridgehead atoms. The standard InChI is InChI=1S/C22H24N4O3/c27-20(23-18-4-2-1-3-5-18)16-8-10-19(11-9-16)24-22(29)26-14-12-25(13-15-26)21(28)17-6-7-17/h1-5,8-11,17H,6-7,12-15H2,(H,23,27)(H,24,29). The summed E-state index contributed by atoms with van der Waals surface area (Å²) in [6.45, 7) is 2.23. The summed E-state index contributed by atoms with van der Waals surface area (Å²) in [4.78, 5) is 40.5. The second kappa shape index (κ2) is 8.34. The topological polar surface area (TPSA) is 81.8 Å². The molecule has 0 spiro atoms. The highest BCUT2D eigenvalue weighted by atomic mass is 16.2. The van der Waals surface area contributed by atoms with Gasteiger partial charge in [0.2, 0.25) is 5.91 Å². The fourth-order valence-electron chi connectivity index (χ4n) is 3.35. The molecular formula is C22H24N4O3. The maximum Gasteiger partial charge on any atom is 0.321 e. The highest BCUT2D eigenvalue weighted by Crippen LogP contribution is 2.31. The van der Waals surface area contributed by atoms with Gasteiger partial charge in [-0.25, -0.2) is 4.79 Å². The second-order valence-corrected chi connectivity index (χ2v) is 7.41. The van der Waals surface area contributed by atoms with Gasteiger partial charge in [-0.2, -0.15) is 0 Å². The number of anilines is 2. The van der Waals surface area contributed by atoms with Crippen LogP contribution in [0.25, 0.3) is 0 Å². The number of carbonyl (C=O) groups excluding carboxylic acids is 3. The number of carbonyl (C=O) groups is 3. The van der Waals surface area contributed by atoms with Crippen molar-refractivity contribution >= 4 is 29.2 Å². The number of benzene rings is 2. The van der Waals surface area contributed by atoms with Crippen LogP contribution in [-0.4, -0.2) is 53.8 Å². The number of para-hydroxylation sites is 1. The van der Waals surface area contributed by atoms with Crippen LogP contribution in [-0.2, 0) is 4.79 Å². The third kappa shape index (κ3) is 4.74. The lowest BCUT2D eigenvalue weighted by Crippen LogP contribution is -2.52. The molecule has 2 aliphatic rings. The Kier molecular flexibility index (Phi) is 5.46. The minimum atomic E-state index is -0.203. The van der Waals surface area contributed by atoms with E-state index in [2.05, 4.69) is 10.6 Å². The Balaban J connectivity index is 1.28. The maximum absolute atomic E-state index is 12.5. The van der Waals surface area contributed by atoms with Crippen molar-refractivity contribution in [3.8, 4) is 0 Å². The van der Waals surface area contributed by atoms with Gasteiger partial charge >= 0.3 is 6.03 Å². The number of amides is 4. The molecule has 0 atom stereocenters. The Hall–Kier alpha value is -3.35. The highest BCUT2D eigenvalue weighted by molar-refractivity contribution is 6.04. The molecule has 2 aromatic rings. The van der Waals surface area contributed by atoms with Crippen molar-refractivity contribution in [3.05, 3.63) is 60.2 Å². The van der Waals surface area contributed by atoms with Gasteiger partial charge in [-0.05, 0) is 49.2 Å². The van der Waals surface area contributed by atoms with Gasteiger partial charge in [0.25, 0.3) is 5.91 Å². The molecule has 4 rings (SSSR count). The van der Waals surface area contributed by atoms with E-state index in [1.807, 2.05) is 35.2 Å². The van der Waals surface area contributed by atoms with E-state index < -0.39 is 0 Å². The summed E-state index contributed by atoms with van der Waals surface area (Å²) in [5.74, 6) is 0.243. The number of hydrogen-bond acceptors (Lipinski definition) is 3. The van der Waals surface area contributed by atoms with E-state index in [0.29, 0.717) is 37.4 Å². The summed E-state index contributed by atoms with van der Waals surface area (Å²) < 4.78 is 0. The first-order chi connectivity index (χ1) is 14.1. The predicted octanol–water partition coefficient (Wildman–Crippen LogP) is 3.03. The summed E-state index contributed by atoms with van der Waals surface area (Å²) in [6.07, 6.45) is 2.00. The normalized spacial score (nSPS) is 16.3. The molecule has 1 aliphatic heterocycles. The number of rotatable bonds is 4. The van der Waals surface area contributed by atoms with Crippen molar-refractivity contribution < 1.29 is 14.4 Å². The van der Waals surface area contributed by atoms with Crippen LogP contribution >= 0.6 is 0 Å². The lowest BCUT2D eigenvalue weighted by molar-refractivity contribution is -0.133. The molecule has 4 amide bonds. The molecule has 2 fully saturated rings. The van der Waals surface area contributed by atoms with Gasteiger partial charge in [0.15, 0.2) is 0 Å². The first kappa shape index (κ1) is 19.0. The molecule has 7 heteroatoms. The summed E-state index contributed by atoms with van der Waals surface area (Å²) in [5, 5.41) is 5.69. The minimum absolute atomic E-state index is 0.190. The molecule has 1 heterocycles. The average Bonchev–Trinajstić information content (AvgIpc) is 3.60. The first-order valence-corrected chi connectivity index (χ1v) is 9.91. The smallest absolute Gasteiger partial charge is 0.321 e. The Morgan fingerprint density at radius 3 is 1.93 bits per heavy atom. The van der Waals surface area contributed by atoms with Crippen molar-refractivity contribution in [2.24, 2.45) is 5.92 Å². The summed E-state index contributed by atoms with van der Waals surface area (Å²) in [5.41, 5.74) is 1.87. The SMILES string of the molecule is O=C(Nc1ccccc1)c1ccc(NC(=O)N2CCN(C(=O)C3CC3)CC2)cc1. The largest absolute Gasteiger partial charge is 0.339 e. The zero-order valence-electron chi connectivity index (χ0n) is 16.1. The van der Waals surface area contributed by atoms with Crippen molar-refractivity contribution in [2.75, 3.05) is 36.8 Å². The molecule has 1 saturated carbocycles. The van der Waals surface area contributed by atoms with E-state index in [-0.39, 0.29) is 23.8 Å².